The van der Waals surface area contributed by atoms with E-state index in [0.717, 1.165) is 68.5 Å². The van der Waals surface area contributed by atoms with Crippen LogP contribution in [0.1, 0.15) is 38.1 Å². The third-order valence-electron chi connectivity index (χ3n) is 4.78. The highest BCUT2D eigenvalue weighted by Crippen LogP contribution is 2.19. The SMILES string of the molecule is CCCc1noc(-c2cccc(CN=C(NCC)N(C)CC3CCOC3)c2)n1.I. The van der Waals surface area contributed by atoms with Gasteiger partial charge in [-0.1, -0.05) is 24.2 Å². The fraction of sp³-hybridized carbons (Fsp3) is 0.571. The predicted molar refractivity (Wildman–Crippen MR) is 126 cm³/mol. The van der Waals surface area contributed by atoms with Crippen molar-refractivity contribution in [2.45, 2.75) is 39.7 Å². The first-order valence-electron chi connectivity index (χ1n) is 10.2. The Kier molecular flexibility index (Phi) is 9.86. The maximum absolute atomic E-state index is 5.49. The quantitative estimate of drug-likeness (QED) is 0.330. The molecule has 2 heterocycles. The molecule has 1 aromatic carbocycles. The van der Waals surface area contributed by atoms with Gasteiger partial charge in [0, 0.05) is 44.6 Å². The van der Waals surface area contributed by atoms with E-state index >= 15 is 0 Å². The summed E-state index contributed by atoms with van der Waals surface area (Å²) in [5, 5.41) is 7.43. The summed E-state index contributed by atoms with van der Waals surface area (Å²) >= 11 is 0. The molecular weight excluding hydrogens is 481 g/mol. The Morgan fingerprint density at radius 3 is 2.93 bits per heavy atom. The summed E-state index contributed by atoms with van der Waals surface area (Å²) in [4.78, 5) is 11.5. The van der Waals surface area contributed by atoms with Gasteiger partial charge in [0.15, 0.2) is 11.8 Å². The molecule has 1 aromatic heterocycles. The average Bonchev–Trinajstić information content (AvgIpc) is 3.38. The summed E-state index contributed by atoms with van der Waals surface area (Å²) in [6.45, 7) is 8.29. The highest BCUT2D eigenvalue weighted by atomic mass is 127. The van der Waals surface area contributed by atoms with Crippen molar-refractivity contribution in [2.24, 2.45) is 10.9 Å². The van der Waals surface area contributed by atoms with E-state index in [1.165, 1.54) is 0 Å². The first-order chi connectivity index (χ1) is 13.7. The minimum Gasteiger partial charge on any atom is -0.381 e. The number of benzene rings is 1. The molecule has 1 aliphatic rings. The summed E-state index contributed by atoms with van der Waals surface area (Å²) < 4.78 is 10.9. The maximum Gasteiger partial charge on any atom is 0.257 e. The van der Waals surface area contributed by atoms with E-state index in [9.17, 15) is 0 Å². The van der Waals surface area contributed by atoms with Crippen LogP contribution in [0.25, 0.3) is 11.5 Å². The van der Waals surface area contributed by atoms with Gasteiger partial charge in [-0.05, 0) is 37.5 Å². The molecule has 7 nitrogen and oxygen atoms in total. The third kappa shape index (κ3) is 6.95. The predicted octanol–water partition coefficient (Wildman–Crippen LogP) is 3.74. The molecule has 3 rings (SSSR count). The summed E-state index contributed by atoms with van der Waals surface area (Å²) in [5.41, 5.74) is 2.05. The second kappa shape index (κ2) is 12.1. The van der Waals surface area contributed by atoms with Gasteiger partial charge in [0.25, 0.3) is 5.89 Å². The number of halogens is 1. The second-order valence-electron chi connectivity index (χ2n) is 7.25. The Hall–Kier alpha value is -1.68. The number of guanidine groups is 1. The van der Waals surface area contributed by atoms with Crippen LogP contribution in [0.3, 0.4) is 0 Å². The second-order valence-corrected chi connectivity index (χ2v) is 7.25. The van der Waals surface area contributed by atoms with E-state index in [-0.39, 0.29) is 24.0 Å². The Bertz CT molecular complexity index is 774. The summed E-state index contributed by atoms with van der Waals surface area (Å²) in [6.07, 6.45) is 2.95. The van der Waals surface area contributed by atoms with Crippen LogP contribution in [0.5, 0.6) is 0 Å². The topological polar surface area (TPSA) is 75.8 Å². The number of aromatic nitrogens is 2. The van der Waals surface area contributed by atoms with Crippen molar-refractivity contribution >= 4 is 29.9 Å². The minimum atomic E-state index is 0. The number of nitrogens with zero attached hydrogens (tertiary/aromatic N) is 4. The van der Waals surface area contributed by atoms with Crippen LogP contribution in [-0.2, 0) is 17.7 Å². The van der Waals surface area contributed by atoms with Crippen LogP contribution < -0.4 is 5.32 Å². The molecule has 8 heteroatoms. The van der Waals surface area contributed by atoms with E-state index in [2.05, 4.69) is 53.4 Å². The maximum atomic E-state index is 5.49. The van der Waals surface area contributed by atoms with Gasteiger partial charge in [-0.3, -0.25) is 0 Å². The molecule has 1 fully saturated rings. The molecule has 0 radical (unpaired) electrons. The van der Waals surface area contributed by atoms with E-state index < -0.39 is 0 Å². The van der Waals surface area contributed by atoms with Crippen LogP contribution in [0.4, 0.5) is 0 Å². The standard InChI is InChI=1S/C21H31N5O2.HI/c1-4-7-19-24-20(28-25-19)18-9-6-8-16(12-18)13-23-21(22-5-2)26(3)14-17-10-11-27-15-17;/h6,8-9,12,17H,4-5,7,10-11,13-15H2,1-3H3,(H,22,23);1H. The number of aliphatic imine (C=N–C) groups is 1. The third-order valence-corrected chi connectivity index (χ3v) is 4.78. The highest BCUT2D eigenvalue weighted by Gasteiger charge is 2.19. The summed E-state index contributed by atoms with van der Waals surface area (Å²) in [7, 11) is 2.09. The van der Waals surface area contributed by atoms with Crippen LogP contribution in [0, 0.1) is 5.92 Å². The molecule has 0 bridgehead atoms. The van der Waals surface area contributed by atoms with Gasteiger partial charge in [0.2, 0.25) is 0 Å². The number of ether oxygens (including phenoxy) is 1. The van der Waals surface area contributed by atoms with Gasteiger partial charge in [-0.15, -0.1) is 24.0 Å². The fourth-order valence-electron chi connectivity index (χ4n) is 3.34. The van der Waals surface area contributed by atoms with E-state index in [0.29, 0.717) is 18.4 Å². The molecular formula is C21H32IN5O2. The Morgan fingerprint density at radius 1 is 1.34 bits per heavy atom. The van der Waals surface area contributed by atoms with Crippen LogP contribution in [0.15, 0.2) is 33.8 Å². The normalized spacial score (nSPS) is 16.5. The number of nitrogens with one attached hydrogen (secondary N) is 1. The molecule has 0 aliphatic carbocycles. The summed E-state index contributed by atoms with van der Waals surface area (Å²) in [6, 6.07) is 8.15. The smallest absolute Gasteiger partial charge is 0.257 e. The van der Waals surface area contributed by atoms with E-state index in [1.807, 2.05) is 12.1 Å². The zero-order valence-electron chi connectivity index (χ0n) is 17.6. The van der Waals surface area contributed by atoms with Gasteiger partial charge >= 0.3 is 0 Å². The van der Waals surface area contributed by atoms with E-state index in [4.69, 9.17) is 14.3 Å². The zero-order valence-corrected chi connectivity index (χ0v) is 19.9. The molecule has 0 spiro atoms. The van der Waals surface area contributed by atoms with Crippen molar-refractivity contribution in [3.63, 3.8) is 0 Å². The Balaban J connectivity index is 0.00000300. The van der Waals surface area contributed by atoms with Crippen molar-refractivity contribution in [3.05, 3.63) is 35.7 Å². The van der Waals surface area contributed by atoms with Crippen molar-refractivity contribution in [2.75, 3.05) is 33.4 Å². The monoisotopic (exact) mass is 513 g/mol. The average molecular weight is 513 g/mol. The molecule has 29 heavy (non-hydrogen) atoms. The summed E-state index contributed by atoms with van der Waals surface area (Å²) in [5.74, 6) is 2.82. The van der Waals surface area contributed by atoms with Gasteiger partial charge in [-0.25, -0.2) is 4.99 Å². The lowest BCUT2D eigenvalue weighted by atomic mass is 10.1. The molecule has 160 valence electrons. The number of hydrogen-bond acceptors (Lipinski definition) is 5. The number of aryl methyl sites for hydroxylation is 1. The van der Waals surface area contributed by atoms with Gasteiger partial charge < -0.3 is 19.5 Å². The molecule has 0 amide bonds. The number of rotatable bonds is 8. The zero-order chi connectivity index (χ0) is 19.8. The molecule has 1 N–H and O–H groups in total. The van der Waals surface area contributed by atoms with Gasteiger partial charge in [-0.2, -0.15) is 4.98 Å². The molecule has 1 unspecified atom stereocenters. The molecule has 0 saturated carbocycles. The molecule has 1 saturated heterocycles. The first-order valence-corrected chi connectivity index (χ1v) is 10.2. The van der Waals surface area contributed by atoms with Crippen LogP contribution in [0.2, 0.25) is 0 Å². The van der Waals surface area contributed by atoms with Crippen molar-refractivity contribution < 1.29 is 9.26 Å². The molecule has 2 aromatic rings. The number of hydrogen-bond donors (Lipinski definition) is 1. The minimum absolute atomic E-state index is 0. The molecule has 1 aliphatic heterocycles. The lowest BCUT2D eigenvalue weighted by Gasteiger charge is -2.24. The van der Waals surface area contributed by atoms with Gasteiger partial charge in [0.05, 0.1) is 13.2 Å². The fourth-order valence-corrected chi connectivity index (χ4v) is 3.34. The lowest BCUT2D eigenvalue weighted by Crippen LogP contribution is -2.41. The van der Waals surface area contributed by atoms with E-state index in [1.54, 1.807) is 0 Å². The van der Waals surface area contributed by atoms with Crippen LogP contribution >= 0.6 is 24.0 Å². The first kappa shape index (κ1) is 23.6. The van der Waals surface area contributed by atoms with Crippen molar-refractivity contribution in [1.29, 1.82) is 0 Å². The Morgan fingerprint density at radius 2 is 2.21 bits per heavy atom. The van der Waals surface area contributed by atoms with Crippen LogP contribution in [-0.4, -0.2) is 54.4 Å². The lowest BCUT2D eigenvalue weighted by molar-refractivity contribution is 0.181. The van der Waals surface area contributed by atoms with Crippen molar-refractivity contribution in [3.8, 4) is 11.5 Å². The van der Waals surface area contributed by atoms with Gasteiger partial charge in [0.1, 0.15) is 0 Å². The van der Waals surface area contributed by atoms with Crippen molar-refractivity contribution in [1.82, 2.24) is 20.4 Å². The molecule has 1 atom stereocenters. The highest BCUT2D eigenvalue weighted by molar-refractivity contribution is 14.0. The largest absolute Gasteiger partial charge is 0.381 e. The Labute approximate surface area is 190 Å².